The largest absolute Gasteiger partial charge is 0.480 e. The molecule has 0 radical (unpaired) electrons. The highest BCUT2D eigenvalue weighted by Crippen LogP contribution is 2.33. The average molecular weight is 351 g/mol. The average Bonchev–Trinajstić information content (AvgIpc) is 3.05. The van der Waals surface area contributed by atoms with Gasteiger partial charge in [-0.2, -0.15) is 0 Å². The van der Waals surface area contributed by atoms with E-state index in [-0.39, 0.29) is 5.91 Å². The van der Waals surface area contributed by atoms with Crippen LogP contribution in [0.15, 0.2) is 42.5 Å². The highest BCUT2D eigenvalue weighted by molar-refractivity contribution is 5.92. The molecule has 2 aromatic carbocycles. The smallest absolute Gasteiger partial charge is 0.228 e. The second-order valence-corrected chi connectivity index (χ2v) is 7.24. The minimum atomic E-state index is -0.665. The molecule has 1 aliphatic rings. The van der Waals surface area contributed by atoms with Gasteiger partial charge in [-0.1, -0.05) is 18.2 Å². The first-order valence-corrected chi connectivity index (χ1v) is 9.10. The molecule has 3 rings (SSSR count). The van der Waals surface area contributed by atoms with Gasteiger partial charge in [0.25, 0.3) is 0 Å². The molecule has 4 heteroatoms. The number of aldehydes is 1. The number of carbonyl (C=O) groups excluding carboxylic acids is 2. The molecule has 0 spiro atoms. The third kappa shape index (κ3) is 4.51. The zero-order chi connectivity index (χ0) is 18.6. The van der Waals surface area contributed by atoms with Crippen LogP contribution in [0.3, 0.4) is 0 Å². The van der Waals surface area contributed by atoms with Crippen LogP contribution in [-0.2, 0) is 16.0 Å². The number of nitrogens with one attached hydrogen (secondary N) is 1. The molecule has 1 amide bonds. The molecule has 0 heterocycles. The van der Waals surface area contributed by atoms with Gasteiger partial charge in [0.15, 0.2) is 11.9 Å². The Morgan fingerprint density at radius 3 is 2.27 bits per heavy atom. The van der Waals surface area contributed by atoms with Gasteiger partial charge in [-0.3, -0.25) is 9.59 Å². The number of rotatable bonds is 6. The Bertz CT molecular complexity index is 769. The Kier molecular flexibility index (Phi) is 5.40. The molecule has 0 saturated heterocycles. The highest BCUT2D eigenvalue weighted by Gasteiger charge is 2.35. The second kappa shape index (κ2) is 7.73. The number of hydrogen-bond acceptors (Lipinski definition) is 3. The molecular weight excluding hydrogens is 326 g/mol. The van der Waals surface area contributed by atoms with Gasteiger partial charge in [-0.15, -0.1) is 0 Å². The summed E-state index contributed by atoms with van der Waals surface area (Å²) in [6, 6.07) is 13.4. The lowest BCUT2D eigenvalue weighted by Gasteiger charge is -2.24. The summed E-state index contributed by atoms with van der Waals surface area (Å²) in [5.41, 5.74) is 3.31. The molecule has 0 aliphatic heterocycles. The second-order valence-electron chi connectivity index (χ2n) is 7.24. The van der Waals surface area contributed by atoms with Crippen molar-refractivity contribution >= 4 is 17.9 Å². The molecule has 4 nitrogen and oxygen atoms in total. The predicted molar refractivity (Wildman–Crippen MR) is 103 cm³/mol. The van der Waals surface area contributed by atoms with Crippen LogP contribution in [0.5, 0.6) is 5.75 Å². The van der Waals surface area contributed by atoms with Crippen molar-refractivity contribution in [1.82, 2.24) is 0 Å². The monoisotopic (exact) mass is 351 g/mol. The van der Waals surface area contributed by atoms with Crippen molar-refractivity contribution in [1.29, 1.82) is 0 Å². The van der Waals surface area contributed by atoms with Crippen LogP contribution < -0.4 is 10.1 Å². The Balaban J connectivity index is 1.60. The molecule has 0 atom stereocenters. The van der Waals surface area contributed by atoms with Crippen LogP contribution in [0.2, 0.25) is 0 Å². The van der Waals surface area contributed by atoms with Crippen molar-refractivity contribution in [3.63, 3.8) is 0 Å². The Morgan fingerprint density at radius 2 is 1.69 bits per heavy atom. The molecule has 0 aromatic heterocycles. The molecule has 1 N–H and O–H groups in total. The quantitative estimate of drug-likeness (QED) is 0.786. The standard InChI is InChI=1S/C22H25NO3/c1-16-11-17(2)13-19(12-16)23-21(25)14-18-5-7-20(8-6-18)26-22(15-24)9-3-4-10-22/h5-8,11-13,15H,3-4,9-10,14H2,1-2H3,(H,23,25). The van der Waals surface area contributed by atoms with Crippen LogP contribution in [0.1, 0.15) is 42.4 Å². The van der Waals surface area contributed by atoms with E-state index < -0.39 is 5.60 Å². The Morgan fingerprint density at radius 1 is 1.08 bits per heavy atom. The van der Waals surface area contributed by atoms with Crippen molar-refractivity contribution in [3.05, 3.63) is 59.2 Å². The molecule has 136 valence electrons. The molecule has 0 bridgehead atoms. The normalized spacial score (nSPS) is 15.5. The van der Waals surface area contributed by atoms with E-state index >= 15 is 0 Å². The van der Waals surface area contributed by atoms with E-state index in [1.165, 1.54) is 0 Å². The number of carbonyl (C=O) groups is 2. The molecule has 1 aliphatic carbocycles. The van der Waals surface area contributed by atoms with Crippen molar-refractivity contribution in [2.24, 2.45) is 0 Å². The van der Waals surface area contributed by atoms with Crippen LogP contribution >= 0.6 is 0 Å². The van der Waals surface area contributed by atoms with E-state index in [1.54, 1.807) is 0 Å². The molecule has 1 fully saturated rings. The summed E-state index contributed by atoms with van der Waals surface area (Å²) in [7, 11) is 0. The lowest BCUT2D eigenvalue weighted by Crippen LogP contribution is -2.34. The third-order valence-corrected chi connectivity index (χ3v) is 4.78. The van der Waals surface area contributed by atoms with Gasteiger partial charge in [-0.05, 0) is 80.5 Å². The van der Waals surface area contributed by atoms with E-state index in [9.17, 15) is 9.59 Å². The number of hydrogen-bond donors (Lipinski definition) is 1. The highest BCUT2D eigenvalue weighted by atomic mass is 16.5. The van der Waals surface area contributed by atoms with E-state index in [1.807, 2.05) is 50.2 Å². The van der Waals surface area contributed by atoms with E-state index in [0.717, 1.165) is 54.3 Å². The maximum atomic E-state index is 12.3. The summed E-state index contributed by atoms with van der Waals surface area (Å²) in [4.78, 5) is 23.7. The van der Waals surface area contributed by atoms with Gasteiger partial charge in [0, 0.05) is 5.69 Å². The SMILES string of the molecule is Cc1cc(C)cc(NC(=O)Cc2ccc(OC3(C=O)CCCC3)cc2)c1. The van der Waals surface area contributed by atoms with Crippen molar-refractivity contribution < 1.29 is 14.3 Å². The first-order valence-electron chi connectivity index (χ1n) is 9.10. The Labute approximate surface area is 154 Å². The van der Waals surface area contributed by atoms with E-state index in [4.69, 9.17) is 4.74 Å². The maximum absolute atomic E-state index is 12.3. The number of anilines is 1. The van der Waals surface area contributed by atoms with E-state index in [2.05, 4.69) is 11.4 Å². The lowest BCUT2D eigenvalue weighted by atomic mass is 10.0. The van der Waals surface area contributed by atoms with Gasteiger partial charge in [0.05, 0.1) is 6.42 Å². The summed E-state index contributed by atoms with van der Waals surface area (Å²) in [5.74, 6) is 0.626. The molecule has 1 saturated carbocycles. The number of benzene rings is 2. The van der Waals surface area contributed by atoms with Gasteiger partial charge in [0.1, 0.15) is 5.75 Å². The molecular formula is C22H25NO3. The summed E-state index contributed by atoms with van der Waals surface area (Å²) < 4.78 is 5.93. The number of aryl methyl sites for hydroxylation is 2. The number of ether oxygens (including phenoxy) is 1. The van der Waals surface area contributed by atoms with Gasteiger partial charge < -0.3 is 10.1 Å². The minimum absolute atomic E-state index is 0.0520. The van der Waals surface area contributed by atoms with Gasteiger partial charge >= 0.3 is 0 Å². The maximum Gasteiger partial charge on any atom is 0.228 e. The first kappa shape index (κ1) is 18.2. The van der Waals surface area contributed by atoms with Gasteiger partial charge in [-0.25, -0.2) is 0 Å². The fourth-order valence-corrected chi connectivity index (χ4v) is 3.56. The molecule has 2 aromatic rings. The summed E-state index contributed by atoms with van der Waals surface area (Å²) in [5, 5.41) is 2.94. The lowest BCUT2D eigenvalue weighted by molar-refractivity contribution is -0.121. The van der Waals surface area contributed by atoms with Crippen LogP contribution in [0.4, 0.5) is 5.69 Å². The summed E-state index contributed by atoms with van der Waals surface area (Å²) >= 11 is 0. The molecule has 0 unspecified atom stereocenters. The van der Waals surface area contributed by atoms with Crippen LogP contribution in [-0.4, -0.2) is 17.8 Å². The van der Waals surface area contributed by atoms with Crippen molar-refractivity contribution in [2.75, 3.05) is 5.32 Å². The first-order chi connectivity index (χ1) is 12.5. The van der Waals surface area contributed by atoms with Crippen LogP contribution in [0, 0.1) is 13.8 Å². The Hall–Kier alpha value is -2.62. The fourth-order valence-electron chi connectivity index (χ4n) is 3.56. The van der Waals surface area contributed by atoms with E-state index in [0.29, 0.717) is 12.2 Å². The van der Waals surface area contributed by atoms with Gasteiger partial charge in [0.2, 0.25) is 5.91 Å². The summed E-state index contributed by atoms with van der Waals surface area (Å²) in [6.45, 7) is 4.02. The zero-order valence-electron chi connectivity index (χ0n) is 15.4. The van der Waals surface area contributed by atoms with Crippen molar-refractivity contribution in [2.45, 2.75) is 51.6 Å². The third-order valence-electron chi connectivity index (χ3n) is 4.78. The predicted octanol–water partition coefficient (Wildman–Crippen LogP) is 4.38. The topological polar surface area (TPSA) is 55.4 Å². The minimum Gasteiger partial charge on any atom is -0.480 e. The van der Waals surface area contributed by atoms with Crippen LogP contribution in [0.25, 0.3) is 0 Å². The fraction of sp³-hybridized carbons (Fsp3) is 0.364. The number of amides is 1. The zero-order valence-corrected chi connectivity index (χ0v) is 15.4. The summed E-state index contributed by atoms with van der Waals surface area (Å²) in [6.07, 6.45) is 4.83. The van der Waals surface area contributed by atoms with Crippen molar-refractivity contribution in [3.8, 4) is 5.75 Å². The molecule has 26 heavy (non-hydrogen) atoms.